The Labute approximate surface area is 145 Å². The molecule has 3 rings (SSSR count). The molecular formula is C16H19Cl2N3O2. The van der Waals surface area contributed by atoms with Crippen LogP contribution in [-0.2, 0) is 11.3 Å². The van der Waals surface area contributed by atoms with Crippen LogP contribution in [-0.4, -0.2) is 41.4 Å². The molecule has 0 spiro atoms. The Balaban J connectivity index is 1.62. The van der Waals surface area contributed by atoms with Crippen LogP contribution >= 0.6 is 23.2 Å². The number of hydrogen-bond donors (Lipinski definition) is 0. The van der Waals surface area contributed by atoms with Gasteiger partial charge in [-0.15, -0.1) is 10.2 Å². The van der Waals surface area contributed by atoms with Gasteiger partial charge in [0.05, 0.1) is 23.2 Å². The summed E-state index contributed by atoms with van der Waals surface area (Å²) >= 11 is 12.1. The van der Waals surface area contributed by atoms with Crippen LogP contribution in [0.15, 0.2) is 22.6 Å². The van der Waals surface area contributed by atoms with E-state index in [1.165, 1.54) is 6.42 Å². The largest absolute Gasteiger partial charge is 0.419 e. The molecule has 1 atom stereocenters. The highest BCUT2D eigenvalue weighted by atomic mass is 35.5. The summed E-state index contributed by atoms with van der Waals surface area (Å²) in [6.45, 7) is 2.30. The van der Waals surface area contributed by atoms with E-state index in [0.29, 0.717) is 40.0 Å². The highest BCUT2D eigenvalue weighted by Gasteiger charge is 2.18. The Morgan fingerprint density at radius 2 is 2.13 bits per heavy atom. The van der Waals surface area contributed by atoms with E-state index in [4.69, 9.17) is 32.4 Å². The van der Waals surface area contributed by atoms with Crippen LogP contribution in [0, 0.1) is 0 Å². The maximum atomic E-state index is 6.17. The van der Waals surface area contributed by atoms with Gasteiger partial charge in [-0.3, -0.25) is 4.90 Å². The third kappa shape index (κ3) is 4.44. The minimum atomic E-state index is 0.293. The van der Waals surface area contributed by atoms with E-state index >= 15 is 0 Å². The van der Waals surface area contributed by atoms with Crippen molar-refractivity contribution in [1.82, 2.24) is 15.1 Å². The van der Waals surface area contributed by atoms with Crippen LogP contribution in [0.25, 0.3) is 11.5 Å². The van der Waals surface area contributed by atoms with Crippen molar-refractivity contribution in [1.29, 1.82) is 0 Å². The van der Waals surface area contributed by atoms with E-state index in [1.54, 1.807) is 18.2 Å². The van der Waals surface area contributed by atoms with Gasteiger partial charge in [-0.05, 0) is 44.5 Å². The fraction of sp³-hybridized carbons (Fsp3) is 0.500. The van der Waals surface area contributed by atoms with E-state index < -0.39 is 0 Å². The lowest BCUT2D eigenvalue weighted by atomic mass is 10.1. The van der Waals surface area contributed by atoms with Gasteiger partial charge in [-0.25, -0.2) is 0 Å². The third-order valence-electron chi connectivity index (χ3n) is 3.82. The molecule has 0 amide bonds. The third-order valence-corrected chi connectivity index (χ3v) is 4.37. The molecule has 5 nitrogen and oxygen atoms in total. The molecule has 0 aliphatic carbocycles. The molecule has 2 aromatic rings. The summed E-state index contributed by atoms with van der Waals surface area (Å²) in [5, 5.41) is 9.24. The molecule has 124 valence electrons. The topological polar surface area (TPSA) is 51.4 Å². The lowest BCUT2D eigenvalue weighted by Gasteiger charge is -2.26. The Morgan fingerprint density at radius 1 is 1.26 bits per heavy atom. The number of rotatable bonds is 5. The zero-order valence-corrected chi connectivity index (χ0v) is 14.5. The van der Waals surface area contributed by atoms with Gasteiger partial charge in [-0.1, -0.05) is 23.2 Å². The van der Waals surface area contributed by atoms with Crippen LogP contribution in [0.4, 0.5) is 0 Å². The van der Waals surface area contributed by atoms with Gasteiger partial charge in [0.25, 0.3) is 0 Å². The fourth-order valence-electron chi connectivity index (χ4n) is 2.68. The average Bonchev–Trinajstić information content (AvgIpc) is 2.96. The highest BCUT2D eigenvalue weighted by Crippen LogP contribution is 2.29. The van der Waals surface area contributed by atoms with Gasteiger partial charge in [0.15, 0.2) is 0 Å². The molecule has 7 heteroatoms. The molecule has 0 bridgehead atoms. The monoisotopic (exact) mass is 355 g/mol. The van der Waals surface area contributed by atoms with Crippen molar-refractivity contribution in [3.8, 4) is 11.5 Å². The van der Waals surface area contributed by atoms with Gasteiger partial charge in [0, 0.05) is 18.2 Å². The van der Waals surface area contributed by atoms with Crippen molar-refractivity contribution in [2.75, 3.05) is 20.2 Å². The number of hydrogen-bond acceptors (Lipinski definition) is 5. The van der Waals surface area contributed by atoms with Crippen molar-refractivity contribution >= 4 is 23.2 Å². The molecule has 2 heterocycles. The van der Waals surface area contributed by atoms with Gasteiger partial charge >= 0.3 is 0 Å². The molecule has 1 aromatic carbocycles. The molecule has 1 unspecified atom stereocenters. The van der Waals surface area contributed by atoms with Gasteiger partial charge in [0.1, 0.15) is 0 Å². The maximum absolute atomic E-state index is 6.17. The Kier molecular flexibility index (Phi) is 5.54. The summed E-state index contributed by atoms with van der Waals surface area (Å²) in [5.74, 6) is 0.966. The van der Waals surface area contributed by atoms with Crippen LogP contribution in [0.5, 0.6) is 0 Å². The molecule has 0 saturated carbocycles. The van der Waals surface area contributed by atoms with E-state index in [2.05, 4.69) is 15.1 Å². The number of halogens is 2. The minimum absolute atomic E-state index is 0.293. The minimum Gasteiger partial charge on any atom is -0.419 e. The van der Waals surface area contributed by atoms with Crippen LogP contribution in [0.1, 0.15) is 25.2 Å². The molecule has 23 heavy (non-hydrogen) atoms. The van der Waals surface area contributed by atoms with Crippen molar-refractivity contribution in [3.63, 3.8) is 0 Å². The molecule has 1 aliphatic rings. The summed E-state index contributed by atoms with van der Waals surface area (Å²) in [6, 6.07) is 5.19. The predicted octanol–water partition coefficient (Wildman–Crippen LogP) is 4.04. The summed E-state index contributed by atoms with van der Waals surface area (Å²) < 4.78 is 11.5. The molecule has 0 N–H and O–H groups in total. The Bertz CT molecular complexity index is 657. The summed E-state index contributed by atoms with van der Waals surface area (Å²) in [7, 11) is 2.02. The maximum Gasteiger partial charge on any atom is 0.249 e. The second kappa shape index (κ2) is 7.62. The zero-order chi connectivity index (χ0) is 16.2. The Morgan fingerprint density at radius 3 is 2.87 bits per heavy atom. The van der Waals surface area contributed by atoms with Gasteiger partial charge in [0.2, 0.25) is 11.8 Å². The fourth-order valence-corrected chi connectivity index (χ4v) is 3.17. The first-order chi connectivity index (χ1) is 11.1. The lowest BCUT2D eigenvalue weighted by molar-refractivity contribution is -0.00358. The number of ether oxygens (including phenoxy) is 1. The lowest BCUT2D eigenvalue weighted by Crippen LogP contribution is -2.33. The van der Waals surface area contributed by atoms with Crippen molar-refractivity contribution in [2.45, 2.75) is 31.9 Å². The van der Waals surface area contributed by atoms with Crippen molar-refractivity contribution in [2.24, 2.45) is 0 Å². The van der Waals surface area contributed by atoms with Crippen molar-refractivity contribution in [3.05, 3.63) is 34.1 Å². The van der Waals surface area contributed by atoms with E-state index in [-0.39, 0.29) is 0 Å². The highest BCUT2D eigenvalue weighted by molar-refractivity contribution is 6.36. The molecule has 0 radical (unpaired) electrons. The van der Waals surface area contributed by atoms with E-state index in [0.717, 1.165) is 26.0 Å². The van der Waals surface area contributed by atoms with Crippen LogP contribution in [0.2, 0.25) is 10.0 Å². The van der Waals surface area contributed by atoms with E-state index in [9.17, 15) is 0 Å². The second-order valence-electron chi connectivity index (χ2n) is 5.81. The first-order valence-electron chi connectivity index (χ1n) is 7.70. The first kappa shape index (κ1) is 16.7. The number of aromatic nitrogens is 2. The summed E-state index contributed by atoms with van der Waals surface area (Å²) in [4.78, 5) is 2.14. The normalized spacial score (nSPS) is 18.5. The van der Waals surface area contributed by atoms with Crippen LogP contribution in [0.3, 0.4) is 0 Å². The van der Waals surface area contributed by atoms with Gasteiger partial charge < -0.3 is 9.15 Å². The second-order valence-corrected chi connectivity index (χ2v) is 6.65. The average molecular weight is 356 g/mol. The van der Waals surface area contributed by atoms with Crippen molar-refractivity contribution < 1.29 is 9.15 Å². The van der Waals surface area contributed by atoms with Gasteiger partial charge in [-0.2, -0.15) is 0 Å². The molecule has 1 fully saturated rings. The number of nitrogens with zero attached hydrogens (tertiary/aromatic N) is 3. The number of likely N-dealkylation sites (N-methyl/N-ethyl adjacent to an activating group) is 1. The Hall–Kier alpha value is -1.14. The zero-order valence-electron chi connectivity index (χ0n) is 13.0. The van der Waals surface area contributed by atoms with E-state index in [1.807, 2.05) is 7.05 Å². The standard InChI is InChI=1S/C16H19Cl2N3O2/c1-21(9-12-4-2-3-7-22-12)10-15-19-20-16(23-15)13-6-5-11(17)8-14(13)18/h5-6,8,12H,2-4,7,9-10H2,1H3. The SMILES string of the molecule is CN(Cc1nnc(-c2ccc(Cl)cc2Cl)o1)CC1CCCCO1. The summed E-state index contributed by atoms with van der Waals surface area (Å²) in [5.41, 5.74) is 0.688. The number of benzene rings is 1. The summed E-state index contributed by atoms with van der Waals surface area (Å²) in [6.07, 6.45) is 3.80. The molecule has 1 aromatic heterocycles. The smallest absolute Gasteiger partial charge is 0.249 e. The molecular weight excluding hydrogens is 337 g/mol. The van der Waals surface area contributed by atoms with Crippen LogP contribution < -0.4 is 0 Å². The first-order valence-corrected chi connectivity index (χ1v) is 8.45. The predicted molar refractivity (Wildman–Crippen MR) is 89.7 cm³/mol. The molecule has 1 saturated heterocycles. The molecule has 1 aliphatic heterocycles. The quantitative estimate of drug-likeness (QED) is 0.809.